The van der Waals surface area contributed by atoms with Crippen LogP contribution in [0, 0.1) is 11.6 Å². The number of thiazole rings is 1. The van der Waals surface area contributed by atoms with Crippen LogP contribution in [0.1, 0.15) is 24.2 Å². The minimum Gasteiger partial charge on any atom is -0.497 e. The zero-order chi connectivity index (χ0) is 21.0. The quantitative estimate of drug-likeness (QED) is 0.537. The van der Waals surface area contributed by atoms with Gasteiger partial charge in [0.25, 0.3) is 5.91 Å². The third kappa shape index (κ3) is 4.54. The molecule has 154 valence electrons. The van der Waals surface area contributed by atoms with Gasteiger partial charge in [-0.25, -0.2) is 13.8 Å². The fraction of sp³-hybridized carbons (Fsp3) is 0.333. The first-order valence-corrected chi connectivity index (χ1v) is 10.2. The Kier molecular flexibility index (Phi) is 6.76. The predicted molar refractivity (Wildman–Crippen MR) is 112 cm³/mol. The van der Waals surface area contributed by atoms with Gasteiger partial charge in [0.2, 0.25) is 0 Å². The van der Waals surface area contributed by atoms with Crippen molar-refractivity contribution in [2.24, 2.45) is 0 Å². The molecular formula is C21H23F2N3O2S. The summed E-state index contributed by atoms with van der Waals surface area (Å²) < 4.78 is 34.6. The normalized spacial score (nSPS) is 11.2. The van der Waals surface area contributed by atoms with E-state index in [0.717, 1.165) is 29.9 Å². The zero-order valence-corrected chi connectivity index (χ0v) is 17.4. The highest BCUT2D eigenvalue weighted by Crippen LogP contribution is 2.32. The Hall–Kier alpha value is -2.58. The fourth-order valence-electron chi connectivity index (χ4n) is 3.04. The summed E-state index contributed by atoms with van der Waals surface area (Å²) in [6.45, 7) is 6.50. The monoisotopic (exact) mass is 419 g/mol. The number of fused-ring (bicyclic) bond motifs is 1. The summed E-state index contributed by atoms with van der Waals surface area (Å²) >= 11 is 1.29. The summed E-state index contributed by atoms with van der Waals surface area (Å²) in [5, 5.41) is 0.396. The van der Waals surface area contributed by atoms with Crippen LogP contribution in [0.3, 0.4) is 0 Å². The van der Waals surface area contributed by atoms with E-state index in [-0.39, 0.29) is 6.54 Å². The number of rotatable bonds is 8. The Morgan fingerprint density at radius 3 is 2.41 bits per heavy atom. The van der Waals surface area contributed by atoms with Crippen LogP contribution in [0.5, 0.6) is 5.75 Å². The summed E-state index contributed by atoms with van der Waals surface area (Å²) in [7, 11) is 1.57. The lowest BCUT2D eigenvalue weighted by molar-refractivity contribution is 0.0975. The average Bonchev–Trinajstić information content (AvgIpc) is 3.13. The molecule has 2 aromatic carbocycles. The van der Waals surface area contributed by atoms with Crippen molar-refractivity contribution in [3.05, 3.63) is 53.6 Å². The molecular weight excluding hydrogens is 396 g/mol. The molecule has 3 rings (SSSR count). The highest BCUT2D eigenvalue weighted by Gasteiger charge is 2.27. The van der Waals surface area contributed by atoms with Gasteiger partial charge in [-0.2, -0.15) is 0 Å². The molecule has 29 heavy (non-hydrogen) atoms. The number of nitrogens with zero attached hydrogens (tertiary/aromatic N) is 3. The minimum absolute atomic E-state index is 0.269. The van der Waals surface area contributed by atoms with E-state index in [1.165, 1.54) is 22.3 Å². The number of anilines is 1. The van der Waals surface area contributed by atoms with Gasteiger partial charge in [-0.05, 0) is 43.4 Å². The van der Waals surface area contributed by atoms with E-state index in [9.17, 15) is 13.6 Å². The molecule has 0 bridgehead atoms. The second kappa shape index (κ2) is 9.28. The molecule has 1 amide bonds. The minimum atomic E-state index is -0.884. The Labute approximate surface area is 172 Å². The van der Waals surface area contributed by atoms with E-state index in [1.54, 1.807) is 19.2 Å². The van der Waals surface area contributed by atoms with E-state index in [0.29, 0.717) is 22.9 Å². The van der Waals surface area contributed by atoms with Crippen molar-refractivity contribution in [1.29, 1.82) is 0 Å². The van der Waals surface area contributed by atoms with Crippen LogP contribution < -0.4 is 9.64 Å². The number of carbonyl (C=O) groups is 1. The van der Waals surface area contributed by atoms with Crippen molar-refractivity contribution in [2.75, 3.05) is 38.2 Å². The third-order valence-corrected chi connectivity index (χ3v) is 5.81. The van der Waals surface area contributed by atoms with Crippen molar-refractivity contribution < 1.29 is 18.3 Å². The number of ether oxygens (including phenoxy) is 1. The van der Waals surface area contributed by atoms with E-state index in [1.807, 2.05) is 19.9 Å². The Balaban J connectivity index is 2.01. The van der Waals surface area contributed by atoms with Gasteiger partial charge in [0.15, 0.2) is 5.13 Å². The van der Waals surface area contributed by atoms with Crippen molar-refractivity contribution in [1.82, 2.24) is 9.88 Å². The van der Waals surface area contributed by atoms with E-state index in [4.69, 9.17) is 4.74 Å². The third-order valence-electron chi connectivity index (χ3n) is 4.77. The molecule has 0 saturated carbocycles. The molecule has 0 spiro atoms. The van der Waals surface area contributed by atoms with Gasteiger partial charge in [0.05, 0.1) is 17.3 Å². The molecule has 0 aliphatic heterocycles. The number of methoxy groups -OCH3 is 1. The molecule has 0 N–H and O–H groups in total. The standard InChI is InChI=1S/C21H23F2N3O2S/c1-4-25(5-2)11-12-26(20(27)19-15(22)7-6-8-16(19)23)21-24-17-10-9-14(28-3)13-18(17)29-21/h6-10,13H,4-5,11-12H2,1-3H3. The number of hydrogen-bond donors (Lipinski definition) is 0. The summed E-state index contributed by atoms with van der Waals surface area (Å²) in [6.07, 6.45) is 0. The van der Waals surface area contributed by atoms with Crippen LogP contribution in [0.25, 0.3) is 10.2 Å². The van der Waals surface area contributed by atoms with Crippen LogP contribution >= 0.6 is 11.3 Å². The molecule has 3 aromatic rings. The van der Waals surface area contributed by atoms with E-state index < -0.39 is 23.1 Å². The largest absolute Gasteiger partial charge is 0.497 e. The Morgan fingerprint density at radius 2 is 1.79 bits per heavy atom. The number of carbonyl (C=O) groups excluding carboxylic acids is 1. The second-order valence-electron chi connectivity index (χ2n) is 6.41. The molecule has 0 radical (unpaired) electrons. The molecule has 5 nitrogen and oxygen atoms in total. The number of halogens is 2. The van der Waals surface area contributed by atoms with Crippen LogP contribution in [0.2, 0.25) is 0 Å². The molecule has 0 atom stereocenters. The summed E-state index contributed by atoms with van der Waals surface area (Å²) in [6, 6.07) is 8.82. The van der Waals surface area contributed by atoms with Crippen LogP contribution in [0.15, 0.2) is 36.4 Å². The first kappa shape index (κ1) is 21.1. The number of benzene rings is 2. The van der Waals surface area contributed by atoms with E-state index in [2.05, 4.69) is 9.88 Å². The first-order valence-electron chi connectivity index (χ1n) is 9.41. The molecule has 1 heterocycles. The molecule has 0 aliphatic rings. The first-order chi connectivity index (χ1) is 14.0. The maximum atomic E-state index is 14.3. The lowest BCUT2D eigenvalue weighted by atomic mass is 10.1. The summed E-state index contributed by atoms with van der Waals surface area (Å²) in [5.41, 5.74) is 0.129. The highest BCUT2D eigenvalue weighted by molar-refractivity contribution is 7.22. The molecule has 8 heteroatoms. The van der Waals surface area contributed by atoms with Crippen molar-refractivity contribution in [2.45, 2.75) is 13.8 Å². The zero-order valence-electron chi connectivity index (χ0n) is 16.6. The molecule has 0 saturated heterocycles. The number of likely N-dealkylation sites (N-methyl/N-ethyl adjacent to an activating group) is 1. The number of aromatic nitrogens is 1. The molecule has 0 unspecified atom stereocenters. The van der Waals surface area contributed by atoms with Gasteiger partial charge < -0.3 is 9.64 Å². The summed E-state index contributed by atoms with van der Waals surface area (Å²) in [5.74, 6) is -1.83. The van der Waals surface area contributed by atoms with Gasteiger partial charge >= 0.3 is 0 Å². The Bertz CT molecular complexity index is 985. The van der Waals surface area contributed by atoms with E-state index >= 15 is 0 Å². The van der Waals surface area contributed by atoms with Crippen LogP contribution in [-0.4, -0.2) is 49.1 Å². The smallest absolute Gasteiger partial charge is 0.266 e. The van der Waals surface area contributed by atoms with Crippen molar-refractivity contribution in [3.8, 4) is 5.75 Å². The van der Waals surface area contributed by atoms with Gasteiger partial charge in [-0.15, -0.1) is 0 Å². The molecule has 0 fully saturated rings. The van der Waals surface area contributed by atoms with Gasteiger partial charge in [0.1, 0.15) is 22.9 Å². The maximum Gasteiger partial charge on any atom is 0.266 e. The van der Waals surface area contributed by atoms with Crippen LogP contribution in [-0.2, 0) is 0 Å². The predicted octanol–water partition coefficient (Wildman–Crippen LogP) is 4.57. The van der Waals surface area contributed by atoms with Crippen molar-refractivity contribution >= 4 is 32.6 Å². The summed E-state index contributed by atoms with van der Waals surface area (Å²) in [4.78, 5) is 21.2. The van der Waals surface area contributed by atoms with Crippen LogP contribution in [0.4, 0.5) is 13.9 Å². The topological polar surface area (TPSA) is 45.7 Å². The van der Waals surface area contributed by atoms with Gasteiger partial charge in [0, 0.05) is 13.1 Å². The SMILES string of the molecule is CCN(CC)CCN(C(=O)c1c(F)cccc1F)c1nc2ccc(OC)cc2s1. The Morgan fingerprint density at radius 1 is 1.10 bits per heavy atom. The molecule has 1 aromatic heterocycles. The number of hydrogen-bond acceptors (Lipinski definition) is 5. The lowest BCUT2D eigenvalue weighted by Crippen LogP contribution is -2.39. The number of amides is 1. The second-order valence-corrected chi connectivity index (χ2v) is 7.42. The lowest BCUT2D eigenvalue weighted by Gasteiger charge is -2.25. The fourth-order valence-corrected chi connectivity index (χ4v) is 4.06. The highest BCUT2D eigenvalue weighted by atomic mass is 32.1. The van der Waals surface area contributed by atoms with Crippen molar-refractivity contribution in [3.63, 3.8) is 0 Å². The average molecular weight is 419 g/mol. The van der Waals surface area contributed by atoms with Gasteiger partial charge in [-0.3, -0.25) is 9.69 Å². The molecule has 0 aliphatic carbocycles. The van der Waals surface area contributed by atoms with Gasteiger partial charge in [-0.1, -0.05) is 31.3 Å². The maximum absolute atomic E-state index is 14.3.